The molecule has 4 aromatic rings. The van der Waals surface area contributed by atoms with Crippen molar-refractivity contribution in [3.05, 3.63) is 121 Å². The fourth-order valence-corrected chi connectivity index (χ4v) is 4.52. The van der Waals surface area contributed by atoms with Gasteiger partial charge in [0.15, 0.2) is 0 Å². The van der Waals surface area contributed by atoms with Crippen LogP contribution in [0, 0.1) is 0 Å². The van der Waals surface area contributed by atoms with E-state index in [0.717, 1.165) is 17.2 Å². The Morgan fingerprint density at radius 1 is 0.394 bits per heavy atom. The summed E-state index contributed by atoms with van der Waals surface area (Å²) in [6.07, 6.45) is 0. The maximum atomic E-state index is 7.50. The van der Waals surface area contributed by atoms with Crippen LogP contribution in [0.15, 0.2) is 121 Å². The minimum Gasteiger partial charge on any atom is -0.281 e. The largest absolute Gasteiger partial charge is 0.281 e. The van der Waals surface area contributed by atoms with Gasteiger partial charge in [0.1, 0.15) is 0 Å². The van der Waals surface area contributed by atoms with Crippen LogP contribution in [0.3, 0.4) is 0 Å². The van der Waals surface area contributed by atoms with E-state index in [1.165, 1.54) is 21.2 Å². The fourth-order valence-electron chi connectivity index (χ4n) is 2.42. The molecule has 0 bridgehead atoms. The van der Waals surface area contributed by atoms with Crippen LogP contribution in [-0.2, 0) is 26.1 Å². The van der Waals surface area contributed by atoms with Gasteiger partial charge in [0.2, 0.25) is 0 Å². The van der Waals surface area contributed by atoms with Crippen LogP contribution >= 0.6 is 17.2 Å². The number of hydrogen-bond acceptors (Lipinski definition) is 2. The van der Waals surface area contributed by atoms with Crippen molar-refractivity contribution in [3.8, 4) is 0 Å². The summed E-state index contributed by atoms with van der Waals surface area (Å²) in [5.41, 5.74) is 0. The van der Waals surface area contributed by atoms with Crippen molar-refractivity contribution in [3.63, 3.8) is 0 Å². The molecule has 33 heavy (non-hydrogen) atoms. The summed E-state index contributed by atoms with van der Waals surface area (Å²) in [7, 11) is 1.55. The van der Waals surface area contributed by atoms with Gasteiger partial charge in [0.05, 0.1) is 0 Å². The quantitative estimate of drug-likeness (QED) is 0.287. The van der Waals surface area contributed by atoms with Crippen LogP contribution in [0.5, 0.6) is 0 Å². The van der Waals surface area contributed by atoms with E-state index in [1.807, 2.05) is 13.8 Å². The van der Waals surface area contributed by atoms with Gasteiger partial charge in [-0.25, -0.2) is 0 Å². The molecule has 172 valence electrons. The Hall–Kier alpha value is -2.43. The molecular formula is C28H28NiO2P2. The van der Waals surface area contributed by atoms with E-state index >= 15 is 0 Å². The molecule has 0 heterocycles. The number of carbonyl (C=O) groups excluding carboxylic acids is 2. The molecule has 4 radical (unpaired) electrons. The number of benzene rings is 4. The number of hydrogen-bond donors (Lipinski definition) is 0. The molecule has 0 aromatic heterocycles. The van der Waals surface area contributed by atoms with Crippen molar-refractivity contribution in [1.29, 1.82) is 0 Å². The molecule has 0 aliphatic rings. The van der Waals surface area contributed by atoms with E-state index in [-0.39, 0.29) is 16.5 Å². The zero-order valence-corrected chi connectivity index (χ0v) is 21.7. The van der Waals surface area contributed by atoms with Gasteiger partial charge in [-0.15, -0.1) is 0 Å². The van der Waals surface area contributed by atoms with Crippen molar-refractivity contribution >= 4 is 52.0 Å². The topological polar surface area (TPSA) is 34.1 Å². The third-order valence-electron chi connectivity index (χ3n) is 3.67. The first-order valence-electron chi connectivity index (χ1n) is 10.1. The summed E-state index contributed by atoms with van der Waals surface area (Å²) >= 11 is 0. The minimum atomic E-state index is 0. The molecular weight excluding hydrogens is 489 g/mol. The van der Waals surface area contributed by atoms with Gasteiger partial charge in [-0.05, 0) is 21.2 Å². The van der Waals surface area contributed by atoms with Crippen LogP contribution in [-0.4, -0.2) is 13.6 Å². The van der Waals surface area contributed by atoms with E-state index in [4.69, 9.17) is 9.59 Å². The van der Waals surface area contributed by atoms with E-state index in [0.29, 0.717) is 0 Å². The first-order valence-corrected chi connectivity index (χ1v) is 12.1. The third kappa shape index (κ3) is 15.9. The Kier molecular flexibility index (Phi) is 24.0. The second-order valence-electron chi connectivity index (χ2n) is 5.71. The molecule has 0 fully saturated rings. The summed E-state index contributed by atoms with van der Waals surface area (Å²) in [4.78, 5) is 15.0. The van der Waals surface area contributed by atoms with Crippen molar-refractivity contribution in [2.75, 3.05) is 0 Å². The zero-order chi connectivity index (χ0) is 23.9. The molecule has 0 aliphatic carbocycles. The molecule has 0 saturated carbocycles. The van der Waals surface area contributed by atoms with Crippen LogP contribution in [0.25, 0.3) is 0 Å². The summed E-state index contributed by atoms with van der Waals surface area (Å²) in [6, 6.07) is 42.3. The summed E-state index contributed by atoms with van der Waals surface area (Å²) in [6.45, 7) is 13.0. The second kappa shape index (κ2) is 24.2. The Morgan fingerprint density at radius 2 is 0.545 bits per heavy atom. The molecule has 0 spiro atoms. The third-order valence-corrected chi connectivity index (χ3v) is 6.16. The van der Waals surface area contributed by atoms with E-state index in [1.54, 1.807) is 0 Å². The monoisotopic (exact) mass is 516 g/mol. The molecule has 0 atom stereocenters. The molecule has 5 heteroatoms. The predicted molar refractivity (Wildman–Crippen MR) is 144 cm³/mol. The normalized spacial score (nSPS) is 8.18. The first-order chi connectivity index (χ1) is 15.9. The number of rotatable bonds is 4. The minimum absolute atomic E-state index is 0. The smallest absolute Gasteiger partial charge is 0.281 e. The SMILES string of the molecule is CC.[C]=O.[C]=O.[Ni].c1ccc(Pc2ccccc2)cc1.c1ccc(Pc2ccccc2)cc1. The van der Waals surface area contributed by atoms with Crippen molar-refractivity contribution in [2.24, 2.45) is 0 Å². The Morgan fingerprint density at radius 3 is 0.697 bits per heavy atom. The van der Waals surface area contributed by atoms with Gasteiger partial charge in [-0.1, -0.05) is 152 Å². The fraction of sp³-hybridized carbons (Fsp3) is 0.0714. The van der Waals surface area contributed by atoms with E-state index < -0.39 is 0 Å². The Bertz CT molecular complexity index is 755. The molecule has 4 rings (SSSR count). The van der Waals surface area contributed by atoms with Gasteiger partial charge in [-0.2, -0.15) is 0 Å². The summed E-state index contributed by atoms with van der Waals surface area (Å²) in [5, 5.41) is 5.59. The summed E-state index contributed by atoms with van der Waals surface area (Å²) in [5.74, 6) is 0. The van der Waals surface area contributed by atoms with Crippen LogP contribution in [0.1, 0.15) is 13.8 Å². The first kappa shape index (κ1) is 32.8. The molecule has 4 aromatic carbocycles. The molecule has 0 saturated heterocycles. The molecule has 2 nitrogen and oxygen atoms in total. The van der Waals surface area contributed by atoms with Gasteiger partial charge >= 0.3 is 0 Å². The maximum absolute atomic E-state index is 7.50. The van der Waals surface area contributed by atoms with E-state index in [2.05, 4.69) is 135 Å². The van der Waals surface area contributed by atoms with Gasteiger partial charge in [-0.3, -0.25) is 9.59 Å². The summed E-state index contributed by atoms with van der Waals surface area (Å²) < 4.78 is 0. The van der Waals surface area contributed by atoms with Gasteiger partial charge in [0, 0.05) is 16.5 Å². The standard InChI is InChI=1S/2C12H11P.C2H6.2CO.Ni/c2*1-3-7-11(8-4-1)13-12-9-5-2-6-10-12;3*1-2;/h2*1-10,13H;1-2H3;;;. The van der Waals surface area contributed by atoms with Crippen LogP contribution in [0.2, 0.25) is 0 Å². The average molecular weight is 517 g/mol. The van der Waals surface area contributed by atoms with Crippen molar-refractivity contribution < 1.29 is 26.1 Å². The van der Waals surface area contributed by atoms with Crippen molar-refractivity contribution in [1.82, 2.24) is 0 Å². The van der Waals surface area contributed by atoms with E-state index in [9.17, 15) is 0 Å². The Labute approximate surface area is 212 Å². The van der Waals surface area contributed by atoms with Crippen LogP contribution < -0.4 is 21.2 Å². The Balaban J connectivity index is 0. The molecule has 0 unspecified atom stereocenters. The molecule has 0 N–H and O–H groups in total. The van der Waals surface area contributed by atoms with Crippen molar-refractivity contribution in [2.45, 2.75) is 13.8 Å². The van der Waals surface area contributed by atoms with Gasteiger partial charge in [0.25, 0.3) is 13.6 Å². The maximum Gasteiger partial charge on any atom is 0.281 e. The predicted octanol–water partition coefficient (Wildman–Crippen LogP) is 4.86. The average Bonchev–Trinajstić information content (AvgIpc) is 2.91. The molecule has 0 aliphatic heterocycles. The van der Waals surface area contributed by atoms with Crippen LogP contribution in [0.4, 0.5) is 0 Å². The van der Waals surface area contributed by atoms with Gasteiger partial charge < -0.3 is 0 Å². The second-order valence-corrected chi connectivity index (χ2v) is 8.52. The zero-order valence-electron chi connectivity index (χ0n) is 18.7. The molecule has 0 amide bonds.